The Labute approximate surface area is 174 Å². The van der Waals surface area contributed by atoms with E-state index < -0.39 is 0 Å². The lowest BCUT2D eigenvalue weighted by Crippen LogP contribution is -2.29. The minimum absolute atomic E-state index is 0.0377. The highest BCUT2D eigenvalue weighted by molar-refractivity contribution is 7.99. The second-order valence-corrected chi connectivity index (χ2v) is 9.05. The first-order valence-corrected chi connectivity index (χ1v) is 11.3. The fourth-order valence-corrected chi connectivity index (χ4v) is 5.18. The highest BCUT2D eigenvalue weighted by atomic mass is 32.2. The van der Waals surface area contributed by atoms with E-state index >= 15 is 0 Å². The van der Waals surface area contributed by atoms with Crippen LogP contribution in [0.1, 0.15) is 22.6 Å². The smallest absolute Gasteiger partial charge is 0.226 e. The van der Waals surface area contributed by atoms with Crippen molar-refractivity contribution in [3.05, 3.63) is 76.8 Å². The minimum Gasteiger partial charge on any atom is -0.302 e. The second-order valence-electron chi connectivity index (χ2n) is 6.79. The van der Waals surface area contributed by atoms with Crippen molar-refractivity contribution >= 4 is 34.1 Å². The molecule has 2 heterocycles. The molecule has 0 radical (unpaired) electrons. The lowest BCUT2D eigenvalue weighted by molar-refractivity contribution is -0.115. The van der Waals surface area contributed by atoms with Gasteiger partial charge in [0.15, 0.2) is 5.13 Å². The van der Waals surface area contributed by atoms with Gasteiger partial charge in [0.05, 0.1) is 5.69 Å². The molecule has 0 saturated carbocycles. The zero-order valence-electron chi connectivity index (χ0n) is 15.6. The summed E-state index contributed by atoms with van der Waals surface area (Å²) in [6.45, 7) is 2.87. The monoisotopic (exact) mass is 409 g/mol. The van der Waals surface area contributed by atoms with E-state index in [4.69, 9.17) is 0 Å². The summed E-state index contributed by atoms with van der Waals surface area (Å²) in [6.07, 6.45) is 1.43. The number of fused-ring (bicyclic) bond motifs is 1. The maximum absolute atomic E-state index is 12.3. The maximum atomic E-state index is 12.3. The fraction of sp³-hybridized carbons (Fsp3) is 0.273. The number of carbonyl (C=O) groups is 1. The highest BCUT2D eigenvalue weighted by Gasteiger charge is 2.21. The molecule has 6 heteroatoms. The van der Waals surface area contributed by atoms with Crippen LogP contribution in [0.5, 0.6) is 0 Å². The van der Waals surface area contributed by atoms with Crippen molar-refractivity contribution in [2.24, 2.45) is 0 Å². The quantitative estimate of drug-likeness (QED) is 0.568. The third-order valence-corrected chi connectivity index (χ3v) is 6.66. The number of thioether (sulfide) groups is 1. The topological polar surface area (TPSA) is 45.2 Å². The van der Waals surface area contributed by atoms with Crippen molar-refractivity contribution in [1.82, 2.24) is 9.88 Å². The molecule has 3 aromatic rings. The predicted octanol–water partition coefficient (Wildman–Crippen LogP) is 4.82. The van der Waals surface area contributed by atoms with Crippen molar-refractivity contribution in [3.63, 3.8) is 0 Å². The normalized spacial score (nSPS) is 13.9. The zero-order valence-corrected chi connectivity index (χ0v) is 17.3. The third-order valence-electron chi connectivity index (χ3n) is 4.65. The Morgan fingerprint density at radius 2 is 1.86 bits per heavy atom. The number of carbonyl (C=O) groups excluding carboxylic acids is 1. The van der Waals surface area contributed by atoms with Gasteiger partial charge in [-0.1, -0.05) is 48.5 Å². The van der Waals surface area contributed by atoms with Gasteiger partial charge < -0.3 is 5.32 Å². The molecule has 0 saturated heterocycles. The molecular weight excluding hydrogens is 386 g/mol. The Morgan fingerprint density at radius 1 is 1.11 bits per heavy atom. The Balaban J connectivity index is 1.27. The van der Waals surface area contributed by atoms with Gasteiger partial charge in [0.1, 0.15) is 0 Å². The average Bonchev–Trinajstić information content (AvgIpc) is 3.11. The predicted molar refractivity (Wildman–Crippen MR) is 117 cm³/mol. The first-order valence-electron chi connectivity index (χ1n) is 9.49. The zero-order chi connectivity index (χ0) is 19.2. The molecule has 1 N–H and O–H groups in total. The standard InChI is InChI=1S/C22H23N3OS2/c26-21(12-14-27-18-9-5-2-6-10-18)24-22-23-19-11-13-25(16-20(19)28-22)15-17-7-3-1-4-8-17/h1-10H,11-16H2,(H,23,24,26). The molecule has 1 aliphatic heterocycles. The number of rotatable bonds is 7. The summed E-state index contributed by atoms with van der Waals surface area (Å²) in [5.74, 6) is 0.807. The number of nitrogens with one attached hydrogen (secondary N) is 1. The van der Waals surface area contributed by atoms with E-state index in [0.717, 1.165) is 42.6 Å². The molecule has 4 rings (SSSR count). The number of benzene rings is 2. The summed E-state index contributed by atoms with van der Waals surface area (Å²) in [7, 11) is 0. The Kier molecular flexibility index (Phi) is 6.41. The van der Waals surface area contributed by atoms with Crippen molar-refractivity contribution in [2.45, 2.75) is 30.8 Å². The Bertz CT molecular complexity index is 912. The number of amides is 1. The van der Waals surface area contributed by atoms with Crippen LogP contribution in [-0.4, -0.2) is 28.1 Å². The van der Waals surface area contributed by atoms with Crippen LogP contribution in [0, 0.1) is 0 Å². The highest BCUT2D eigenvalue weighted by Crippen LogP contribution is 2.29. The van der Waals surface area contributed by atoms with Gasteiger partial charge in [-0.25, -0.2) is 4.98 Å². The molecule has 0 aliphatic carbocycles. The van der Waals surface area contributed by atoms with Gasteiger partial charge in [0.2, 0.25) is 5.91 Å². The average molecular weight is 410 g/mol. The number of aromatic nitrogens is 1. The molecule has 4 nitrogen and oxygen atoms in total. The summed E-state index contributed by atoms with van der Waals surface area (Å²) in [4.78, 5) is 21.8. The molecule has 0 atom stereocenters. The number of nitrogens with zero attached hydrogens (tertiary/aromatic N) is 2. The van der Waals surface area contributed by atoms with Gasteiger partial charge in [-0.05, 0) is 17.7 Å². The van der Waals surface area contributed by atoms with Crippen LogP contribution in [0.25, 0.3) is 0 Å². The van der Waals surface area contributed by atoms with Crippen LogP contribution in [0.15, 0.2) is 65.6 Å². The van der Waals surface area contributed by atoms with Crippen molar-refractivity contribution in [1.29, 1.82) is 0 Å². The first kappa shape index (κ1) is 19.2. The van der Waals surface area contributed by atoms with E-state index in [1.807, 2.05) is 24.3 Å². The maximum Gasteiger partial charge on any atom is 0.226 e. The summed E-state index contributed by atoms with van der Waals surface area (Å²) in [6, 6.07) is 20.7. The summed E-state index contributed by atoms with van der Waals surface area (Å²) in [5.41, 5.74) is 2.48. The first-order chi connectivity index (χ1) is 13.8. The van der Waals surface area contributed by atoms with Crippen LogP contribution >= 0.6 is 23.1 Å². The van der Waals surface area contributed by atoms with Crippen molar-refractivity contribution in [3.8, 4) is 0 Å². The molecule has 2 aromatic carbocycles. The lowest BCUT2D eigenvalue weighted by atomic mass is 10.1. The minimum atomic E-state index is 0.0377. The van der Waals surface area contributed by atoms with E-state index in [0.29, 0.717) is 6.42 Å². The molecule has 28 heavy (non-hydrogen) atoms. The molecule has 0 fully saturated rings. The molecule has 1 amide bonds. The molecule has 144 valence electrons. The van der Waals surface area contributed by atoms with Crippen LogP contribution in [-0.2, 0) is 24.3 Å². The molecule has 0 bridgehead atoms. The van der Waals surface area contributed by atoms with Gasteiger partial charge in [0.25, 0.3) is 0 Å². The lowest BCUT2D eigenvalue weighted by Gasteiger charge is -2.25. The third kappa shape index (κ3) is 5.22. The van der Waals surface area contributed by atoms with E-state index in [9.17, 15) is 4.79 Å². The summed E-state index contributed by atoms with van der Waals surface area (Å²) in [5, 5.41) is 3.72. The van der Waals surface area contributed by atoms with E-state index in [-0.39, 0.29) is 5.91 Å². The molecule has 1 aromatic heterocycles. The van der Waals surface area contributed by atoms with E-state index in [1.54, 1.807) is 23.1 Å². The van der Waals surface area contributed by atoms with Gasteiger partial charge in [-0.15, -0.1) is 23.1 Å². The fourth-order valence-electron chi connectivity index (χ4n) is 3.24. The Morgan fingerprint density at radius 3 is 2.64 bits per heavy atom. The van der Waals surface area contributed by atoms with Crippen LogP contribution < -0.4 is 5.32 Å². The van der Waals surface area contributed by atoms with E-state index in [1.165, 1.54) is 15.3 Å². The second kappa shape index (κ2) is 9.37. The molecule has 0 spiro atoms. The number of hydrogen-bond acceptors (Lipinski definition) is 5. The van der Waals surface area contributed by atoms with Crippen molar-refractivity contribution in [2.75, 3.05) is 17.6 Å². The summed E-state index contributed by atoms with van der Waals surface area (Å²) < 4.78 is 0. The van der Waals surface area contributed by atoms with Gasteiger partial charge in [-0.2, -0.15) is 0 Å². The number of anilines is 1. The van der Waals surface area contributed by atoms with Crippen molar-refractivity contribution < 1.29 is 4.79 Å². The van der Waals surface area contributed by atoms with Gasteiger partial charge in [0, 0.05) is 48.0 Å². The van der Waals surface area contributed by atoms with E-state index in [2.05, 4.69) is 51.6 Å². The largest absolute Gasteiger partial charge is 0.302 e. The number of hydrogen-bond donors (Lipinski definition) is 1. The Hall–Kier alpha value is -2.15. The van der Waals surface area contributed by atoms with Crippen LogP contribution in [0.2, 0.25) is 0 Å². The number of thiazole rings is 1. The molecular formula is C22H23N3OS2. The van der Waals surface area contributed by atoms with Gasteiger partial charge >= 0.3 is 0 Å². The van der Waals surface area contributed by atoms with Crippen LogP contribution in [0.4, 0.5) is 5.13 Å². The molecule has 0 unspecified atom stereocenters. The SMILES string of the molecule is O=C(CCSc1ccccc1)Nc1nc2c(s1)CN(Cc1ccccc1)CC2. The molecule has 1 aliphatic rings. The van der Waals surface area contributed by atoms with Gasteiger partial charge in [-0.3, -0.25) is 9.69 Å². The summed E-state index contributed by atoms with van der Waals surface area (Å²) >= 11 is 3.32. The van der Waals surface area contributed by atoms with Crippen LogP contribution in [0.3, 0.4) is 0 Å².